The fourth-order valence-corrected chi connectivity index (χ4v) is 11.0. The van der Waals surface area contributed by atoms with Crippen LogP contribution in [0.4, 0.5) is 4.39 Å². The summed E-state index contributed by atoms with van der Waals surface area (Å²) in [5.74, 6) is -1.04. The van der Waals surface area contributed by atoms with Gasteiger partial charge in [-0.3, -0.25) is 33.1 Å². The van der Waals surface area contributed by atoms with Crippen molar-refractivity contribution in [1.29, 1.82) is 5.41 Å². The molecule has 70 heavy (non-hydrogen) atoms. The monoisotopic (exact) mass is 954 g/mol. The van der Waals surface area contributed by atoms with Crippen molar-refractivity contribution in [2.75, 3.05) is 52.6 Å². The minimum atomic E-state index is -1.09. The molecule has 2 saturated heterocycles. The maximum absolute atomic E-state index is 15.5. The molecule has 1 aliphatic carbocycles. The Labute approximate surface area is 401 Å². The van der Waals surface area contributed by atoms with E-state index in [2.05, 4.69) is 22.1 Å². The first-order valence-corrected chi connectivity index (χ1v) is 23.6. The highest BCUT2D eigenvalue weighted by Gasteiger charge is 2.61. The zero-order chi connectivity index (χ0) is 49.0. The molecule has 18 nitrogen and oxygen atoms in total. The van der Waals surface area contributed by atoms with Crippen molar-refractivity contribution in [2.45, 2.75) is 64.0 Å². The molecule has 364 valence electrons. The zero-order valence-electron chi connectivity index (χ0n) is 39.3. The molecule has 11 rings (SSSR count). The van der Waals surface area contributed by atoms with Crippen molar-refractivity contribution < 1.29 is 38.5 Å². The van der Waals surface area contributed by atoms with E-state index in [4.69, 9.17) is 24.5 Å². The number of hydrogen-bond acceptors (Lipinski definition) is 10. The van der Waals surface area contributed by atoms with Gasteiger partial charge in [0.25, 0.3) is 12.4 Å². The third-order valence-electron chi connectivity index (χ3n) is 14.6. The summed E-state index contributed by atoms with van der Waals surface area (Å²) >= 11 is 0. The minimum Gasteiger partial charge on any atom is -0.483 e. The van der Waals surface area contributed by atoms with Gasteiger partial charge in [0.2, 0.25) is 0 Å². The van der Waals surface area contributed by atoms with E-state index in [0.29, 0.717) is 104 Å². The lowest BCUT2D eigenvalue weighted by Gasteiger charge is -2.31. The summed E-state index contributed by atoms with van der Waals surface area (Å²) in [6.07, 6.45) is 7.39. The number of hydrogen-bond donors (Lipinski definition) is 3. The average Bonchev–Trinajstić information content (AvgIpc) is 3.72. The second kappa shape index (κ2) is 18.6. The average molecular weight is 955 g/mol. The first-order chi connectivity index (χ1) is 33.8. The molecule has 7 aromatic rings. The Balaban J connectivity index is 0.00000185. The topological polar surface area (TPSA) is 208 Å². The van der Waals surface area contributed by atoms with Gasteiger partial charge in [-0.25, -0.2) is 13.9 Å². The normalized spacial score (nSPS) is 19.5. The Morgan fingerprint density at radius 3 is 2.34 bits per heavy atom. The lowest BCUT2D eigenvalue weighted by molar-refractivity contribution is -0.135. The van der Waals surface area contributed by atoms with E-state index in [0.717, 1.165) is 53.3 Å². The molecule has 7 heterocycles. The summed E-state index contributed by atoms with van der Waals surface area (Å²) in [6.45, 7) is 8.25. The molecule has 3 N–H and O–H groups in total. The number of aryl methyl sites for hydroxylation is 3. The number of amides is 1. The number of fused-ring (bicyclic) bond motifs is 3. The summed E-state index contributed by atoms with van der Waals surface area (Å²) in [7, 11) is 1.86. The molecule has 0 radical (unpaired) electrons. The Bertz CT molecular complexity index is 3240. The van der Waals surface area contributed by atoms with Crippen LogP contribution in [0.5, 0.6) is 0 Å². The van der Waals surface area contributed by atoms with Crippen LogP contribution in [0.1, 0.15) is 70.0 Å². The SMILES string of the molecule is Cc1cc(-n2nc3c(c2-n2ccn(-c4ccc5c(cnn5C)c4)c2=O)CN(C(=O)c2cc4cc(C5CCOCC5)ccc4n2C2(C(=N)CC(=O)O)CC2CN2CCOCC2)CC3)cc(C)c1F.O=CO. The van der Waals surface area contributed by atoms with Crippen LogP contribution in [-0.4, -0.2) is 130 Å². The fraction of sp³-hybridized carbons (Fsp3) is 0.392. The number of nitrogens with one attached hydrogen (secondary N) is 1. The van der Waals surface area contributed by atoms with Crippen LogP contribution >= 0.6 is 0 Å². The summed E-state index contributed by atoms with van der Waals surface area (Å²) < 4.78 is 35.0. The van der Waals surface area contributed by atoms with E-state index >= 15 is 9.18 Å². The number of aromatic nitrogens is 7. The van der Waals surface area contributed by atoms with Gasteiger partial charge in [0.15, 0.2) is 0 Å². The standard InChI is InChI=1S/C50H53FN10O6.CH2O2/c1-30-20-38(21-31(2)46(30)51)61-47(59-13-12-58(49(59)65)37-5-7-41-35(23-37)27-53-55(41)3)39-29-57(11-8-40(39)54-61)48(64)43-24-34-22-33(32-9-16-66-17-10-32)4-6-42(34)60(43)50(44(52)25-45(62)63)26-36(50)28-56-14-18-67-19-15-56;2-1-3/h4-7,12-13,20-24,27,32,36,52H,8-11,14-19,25-26,28-29H2,1-3H3,(H,62,63);1H,(H,2,3). The van der Waals surface area contributed by atoms with E-state index in [1.807, 2.05) is 41.9 Å². The lowest BCUT2D eigenvalue weighted by atomic mass is 9.91. The van der Waals surface area contributed by atoms with Crippen molar-refractivity contribution in [3.05, 3.63) is 123 Å². The van der Waals surface area contributed by atoms with Crippen molar-refractivity contribution >= 4 is 45.9 Å². The molecule has 1 saturated carbocycles. The van der Waals surface area contributed by atoms with Gasteiger partial charge >= 0.3 is 11.7 Å². The van der Waals surface area contributed by atoms with Gasteiger partial charge in [-0.15, -0.1) is 0 Å². The molecule has 4 aliphatic rings. The first kappa shape index (κ1) is 46.5. The summed E-state index contributed by atoms with van der Waals surface area (Å²) in [4.78, 5) is 55.0. The zero-order valence-corrected chi connectivity index (χ0v) is 39.3. The Morgan fingerprint density at radius 1 is 0.914 bits per heavy atom. The second-order valence-electron chi connectivity index (χ2n) is 18.8. The van der Waals surface area contributed by atoms with Crippen LogP contribution in [0.2, 0.25) is 0 Å². The Morgan fingerprint density at radius 2 is 1.61 bits per heavy atom. The maximum Gasteiger partial charge on any atom is 0.338 e. The van der Waals surface area contributed by atoms with E-state index in [1.54, 1.807) is 68.0 Å². The van der Waals surface area contributed by atoms with Gasteiger partial charge in [-0.1, -0.05) is 6.07 Å². The van der Waals surface area contributed by atoms with Gasteiger partial charge in [-0.2, -0.15) is 10.2 Å². The molecule has 19 heteroatoms. The summed E-state index contributed by atoms with van der Waals surface area (Å²) in [5, 5.41) is 37.7. The number of carbonyl (C=O) groups excluding carboxylic acids is 1. The molecule has 0 spiro atoms. The van der Waals surface area contributed by atoms with E-state index in [1.165, 1.54) is 0 Å². The predicted octanol–water partition coefficient (Wildman–Crippen LogP) is 5.75. The first-order valence-electron chi connectivity index (χ1n) is 23.6. The predicted molar refractivity (Wildman–Crippen MR) is 257 cm³/mol. The Hall–Kier alpha value is -7.22. The molecule has 1 amide bonds. The summed E-state index contributed by atoms with van der Waals surface area (Å²) in [6, 6.07) is 17.4. The quantitative estimate of drug-likeness (QED) is 0.105. The number of imidazole rings is 1. The third-order valence-corrected chi connectivity index (χ3v) is 14.6. The maximum atomic E-state index is 15.5. The van der Waals surface area contributed by atoms with Gasteiger partial charge in [0, 0.05) is 98.7 Å². The largest absolute Gasteiger partial charge is 0.483 e. The van der Waals surface area contributed by atoms with Crippen molar-refractivity contribution in [1.82, 2.24) is 43.1 Å². The van der Waals surface area contributed by atoms with Crippen LogP contribution < -0.4 is 5.69 Å². The molecule has 3 aromatic carbocycles. The third kappa shape index (κ3) is 8.20. The number of nitrogens with zero attached hydrogens (tertiary/aromatic N) is 9. The highest BCUT2D eigenvalue weighted by atomic mass is 19.1. The lowest BCUT2D eigenvalue weighted by Crippen LogP contribution is -2.42. The Kier molecular flexibility index (Phi) is 12.4. The number of carboxylic acid groups (broad SMARTS) is 2. The van der Waals surface area contributed by atoms with Crippen molar-refractivity contribution in [2.24, 2.45) is 13.0 Å². The number of carboxylic acids is 1. The number of rotatable bonds is 11. The van der Waals surface area contributed by atoms with Crippen LogP contribution in [0.3, 0.4) is 0 Å². The van der Waals surface area contributed by atoms with Gasteiger partial charge < -0.3 is 34.6 Å². The molecular formula is C51H55FN10O8. The van der Waals surface area contributed by atoms with Crippen LogP contribution in [0, 0.1) is 31.0 Å². The fourth-order valence-electron chi connectivity index (χ4n) is 11.0. The van der Waals surface area contributed by atoms with Crippen LogP contribution in [-0.2, 0) is 44.6 Å². The van der Waals surface area contributed by atoms with Crippen LogP contribution in [0.25, 0.3) is 39.0 Å². The number of benzene rings is 3. The smallest absolute Gasteiger partial charge is 0.338 e. The molecule has 4 aromatic heterocycles. The van der Waals surface area contributed by atoms with Gasteiger partial charge in [0.1, 0.15) is 17.3 Å². The van der Waals surface area contributed by atoms with Crippen LogP contribution in [0.15, 0.2) is 78.0 Å². The molecular weight excluding hydrogens is 900 g/mol. The van der Waals surface area contributed by atoms with Crippen molar-refractivity contribution in [3.63, 3.8) is 0 Å². The number of carbonyl (C=O) groups is 3. The number of morpholine rings is 1. The molecule has 0 bridgehead atoms. The van der Waals surface area contributed by atoms with Crippen molar-refractivity contribution in [3.8, 4) is 17.2 Å². The number of halogens is 1. The molecule has 3 fully saturated rings. The van der Waals surface area contributed by atoms with Gasteiger partial charge in [0.05, 0.1) is 60.5 Å². The molecule has 2 unspecified atom stereocenters. The minimum absolute atomic E-state index is 0.0688. The highest BCUT2D eigenvalue weighted by molar-refractivity contribution is 6.06. The molecule has 3 aliphatic heterocycles. The molecule has 2 atom stereocenters. The van der Waals surface area contributed by atoms with E-state index < -0.39 is 17.9 Å². The number of ether oxygens (including phenoxy) is 2. The van der Waals surface area contributed by atoms with Gasteiger partial charge in [-0.05, 0) is 104 Å². The van der Waals surface area contributed by atoms with E-state index in [9.17, 15) is 20.1 Å². The second-order valence-corrected chi connectivity index (χ2v) is 18.8. The summed E-state index contributed by atoms with van der Waals surface area (Å²) in [5.41, 5.74) is 5.41. The number of aliphatic carboxylic acids is 1. The van der Waals surface area contributed by atoms with E-state index in [-0.39, 0.29) is 42.1 Å². The highest BCUT2D eigenvalue weighted by Crippen LogP contribution is 2.55.